The third-order valence-electron chi connectivity index (χ3n) is 1.76. The van der Waals surface area contributed by atoms with Crippen LogP contribution in [0, 0.1) is 13.0 Å². The monoisotopic (exact) mass is 122 g/mol. The summed E-state index contributed by atoms with van der Waals surface area (Å²) >= 11 is 0. The van der Waals surface area contributed by atoms with Gasteiger partial charge in [-0.15, -0.1) is 12.1 Å². The van der Waals surface area contributed by atoms with Crippen LogP contribution in [-0.4, -0.2) is 6.21 Å². The molecule has 1 aliphatic heterocycles. The fraction of sp³-hybridized carbons (Fsp3) is 0.429. The highest BCUT2D eigenvalue weighted by Crippen LogP contribution is 2.35. The molecule has 2 heteroatoms. The van der Waals surface area contributed by atoms with Crippen LogP contribution in [0.4, 0.5) is 0 Å². The molecule has 1 fully saturated rings. The Morgan fingerprint density at radius 1 is 1.67 bits per heavy atom. The summed E-state index contributed by atoms with van der Waals surface area (Å²) < 4.78 is 0. The van der Waals surface area contributed by atoms with Crippen molar-refractivity contribution < 1.29 is 5.01 Å². The van der Waals surface area contributed by atoms with Gasteiger partial charge in [-0.3, -0.25) is 0 Å². The third kappa shape index (κ3) is 0.900. The van der Waals surface area contributed by atoms with Gasteiger partial charge in [0.05, 0.1) is 12.4 Å². The van der Waals surface area contributed by atoms with Crippen LogP contribution >= 0.6 is 0 Å². The molecule has 2 nitrogen and oxygen atoms in total. The molecule has 2 aliphatic rings. The SMILES string of the molecule is [CH2-][NH+]1C=C(C2CC2)C=N1. The van der Waals surface area contributed by atoms with Gasteiger partial charge < -0.3 is 5.01 Å². The van der Waals surface area contributed by atoms with Gasteiger partial charge in [-0.1, -0.05) is 0 Å². The standard InChI is InChI=1S/C7H10N2/c1-9-5-7(4-8-9)6-2-3-6/h4-6,9H,1-3H2. The summed E-state index contributed by atoms with van der Waals surface area (Å²) in [6, 6.07) is 0. The predicted molar refractivity (Wildman–Crippen MR) is 35.6 cm³/mol. The molecule has 1 aliphatic carbocycles. The van der Waals surface area contributed by atoms with E-state index in [1.54, 1.807) is 0 Å². The lowest BCUT2D eigenvalue weighted by Crippen LogP contribution is -2.95. The van der Waals surface area contributed by atoms with E-state index in [1.165, 1.54) is 18.4 Å². The van der Waals surface area contributed by atoms with Crippen molar-refractivity contribution in [1.82, 2.24) is 0 Å². The molecular weight excluding hydrogens is 112 g/mol. The second kappa shape index (κ2) is 1.67. The second-order valence-corrected chi connectivity index (χ2v) is 2.67. The first kappa shape index (κ1) is 5.18. The van der Waals surface area contributed by atoms with E-state index in [9.17, 15) is 0 Å². The van der Waals surface area contributed by atoms with Crippen molar-refractivity contribution >= 4 is 6.21 Å². The van der Waals surface area contributed by atoms with Crippen molar-refractivity contribution in [1.29, 1.82) is 0 Å². The number of nitrogens with zero attached hydrogens (tertiary/aromatic N) is 1. The zero-order chi connectivity index (χ0) is 6.27. The number of hydrogen-bond donors (Lipinski definition) is 1. The first-order valence-electron chi connectivity index (χ1n) is 3.31. The van der Waals surface area contributed by atoms with Gasteiger partial charge in [-0.25, -0.2) is 0 Å². The highest BCUT2D eigenvalue weighted by Gasteiger charge is 2.27. The lowest BCUT2D eigenvalue weighted by Gasteiger charge is -1.98. The number of hydrogen-bond acceptors (Lipinski definition) is 1. The van der Waals surface area contributed by atoms with Gasteiger partial charge >= 0.3 is 0 Å². The summed E-state index contributed by atoms with van der Waals surface area (Å²) in [7, 11) is 3.74. The largest absolute Gasteiger partial charge is 0.312 e. The van der Waals surface area contributed by atoms with E-state index in [4.69, 9.17) is 0 Å². The third-order valence-corrected chi connectivity index (χ3v) is 1.76. The molecule has 0 aromatic carbocycles. The molecule has 1 unspecified atom stereocenters. The molecular formula is C7H10N2. The van der Waals surface area contributed by atoms with Crippen LogP contribution in [0.25, 0.3) is 0 Å². The van der Waals surface area contributed by atoms with Gasteiger partial charge in [0.15, 0.2) is 0 Å². The molecule has 1 atom stereocenters. The summed E-state index contributed by atoms with van der Waals surface area (Å²) in [6.07, 6.45) is 6.73. The Balaban J connectivity index is 2.12. The molecule has 1 N–H and O–H groups in total. The Bertz CT molecular complexity index is 177. The number of nitrogens with one attached hydrogen (secondary N) is 1. The fourth-order valence-corrected chi connectivity index (χ4v) is 1.06. The van der Waals surface area contributed by atoms with E-state index in [-0.39, 0.29) is 0 Å². The van der Waals surface area contributed by atoms with Crippen LogP contribution in [0.5, 0.6) is 0 Å². The summed E-state index contributed by atoms with van der Waals surface area (Å²) in [4.78, 5) is 0. The lowest BCUT2D eigenvalue weighted by molar-refractivity contribution is -0.801. The molecule has 9 heavy (non-hydrogen) atoms. The second-order valence-electron chi connectivity index (χ2n) is 2.67. The van der Waals surface area contributed by atoms with Crippen LogP contribution in [0.15, 0.2) is 16.9 Å². The van der Waals surface area contributed by atoms with Crippen molar-refractivity contribution in [2.24, 2.45) is 11.0 Å². The highest BCUT2D eigenvalue weighted by molar-refractivity contribution is 5.79. The smallest absolute Gasteiger partial charge is 0.0986 e. The predicted octanol–water partition coefficient (Wildman–Crippen LogP) is -0.0438. The van der Waals surface area contributed by atoms with E-state index in [0.717, 1.165) is 10.9 Å². The number of rotatable bonds is 1. The number of allylic oxidation sites excluding steroid dienone is 1. The minimum atomic E-state index is 0.827. The molecule has 0 spiro atoms. The van der Waals surface area contributed by atoms with Crippen molar-refractivity contribution in [2.75, 3.05) is 0 Å². The maximum Gasteiger partial charge on any atom is 0.0986 e. The zero-order valence-corrected chi connectivity index (χ0v) is 5.30. The minimum absolute atomic E-state index is 0.827. The minimum Gasteiger partial charge on any atom is -0.312 e. The Hall–Kier alpha value is -0.630. The fourth-order valence-electron chi connectivity index (χ4n) is 1.06. The van der Waals surface area contributed by atoms with E-state index in [1.807, 2.05) is 6.21 Å². The van der Waals surface area contributed by atoms with E-state index in [2.05, 4.69) is 18.3 Å². The van der Waals surface area contributed by atoms with Gasteiger partial charge in [0.2, 0.25) is 0 Å². The van der Waals surface area contributed by atoms with E-state index >= 15 is 0 Å². The Kier molecular flexibility index (Phi) is 0.963. The molecule has 0 bridgehead atoms. The van der Waals surface area contributed by atoms with Gasteiger partial charge in [-0.2, -0.15) is 0 Å². The molecule has 0 saturated heterocycles. The van der Waals surface area contributed by atoms with Gasteiger partial charge in [0.25, 0.3) is 0 Å². The lowest BCUT2D eigenvalue weighted by atomic mass is 10.2. The Morgan fingerprint density at radius 2 is 2.44 bits per heavy atom. The molecule has 0 aromatic rings. The summed E-state index contributed by atoms with van der Waals surface area (Å²) in [6.45, 7) is 0. The van der Waals surface area contributed by atoms with Crippen LogP contribution in [0.1, 0.15) is 12.8 Å². The molecule has 1 saturated carbocycles. The topological polar surface area (TPSA) is 16.8 Å². The van der Waals surface area contributed by atoms with Crippen LogP contribution in [0.3, 0.4) is 0 Å². The maximum absolute atomic E-state index is 4.07. The molecule has 0 aromatic heterocycles. The number of quaternary nitrogens is 1. The van der Waals surface area contributed by atoms with Gasteiger partial charge in [0, 0.05) is 5.57 Å². The molecule has 0 radical (unpaired) electrons. The average molecular weight is 122 g/mol. The van der Waals surface area contributed by atoms with Gasteiger partial charge in [-0.05, 0) is 18.8 Å². The van der Waals surface area contributed by atoms with E-state index in [0.29, 0.717) is 0 Å². The summed E-state index contributed by atoms with van der Waals surface area (Å²) in [5, 5.41) is 4.98. The highest BCUT2D eigenvalue weighted by atomic mass is 15.4. The van der Waals surface area contributed by atoms with Crippen LogP contribution in [-0.2, 0) is 0 Å². The first-order chi connectivity index (χ1) is 4.36. The Morgan fingerprint density at radius 3 is 2.89 bits per heavy atom. The molecule has 1 heterocycles. The van der Waals surface area contributed by atoms with Gasteiger partial charge in [0.1, 0.15) is 0 Å². The summed E-state index contributed by atoms with van der Waals surface area (Å²) in [5.41, 5.74) is 1.39. The molecule has 2 rings (SSSR count). The van der Waals surface area contributed by atoms with Crippen molar-refractivity contribution in [2.45, 2.75) is 12.8 Å². The van der Waals surface area contributed by atoms with Crippen LogP contribution < -0.4 is 5.01 Å². The van der Waals surface area contributed by atoms with Crippen molar-refractivity contribution in [3.63, 3.8) is 0 Å². The Labute approximate surface area is 54.9 Å². The molecule has 0 amide bonds. The maximum atomic E-state index is 4.07. The van der Waals surface area contributed by atoms with Crippen LogP contribution in [0.2, 0.25) is 0 Å². The van der Waals surface area contributed by atoms with Crippen molar-refractivity contribution in [3.05, 3.63) is 18.8 Å². The molecule has 48 valence electrons. The average Bonchev–Trinajstić information content (AvgIpc) is 2.58. The quantitative estimate of drug-likeness (QED) is 0.470. The zero-order valence-electron chi connectivity index (χ0n) is 5.30. The summed E-state index contributed by atoms with van der Waals surface area (Å²) in [5.74, 6) is 0.827. The first-order valence-corrected chi connectivity index (χ1v) is 3.31. The van der Waals surface area contributed by atoms with E-state index < -0.39 is 0 Å². The normalized spacial score (nSPS) is 33.0. The van der Waals surface area contributed by atoms with Crippen molar-refractivity contribution in [3.8, 4) is 0 Å².